The molecular weight excluding hydrogens is 509 g/mol. The van der Waals surface area contributed by atoms with Crippen molar-refractivity contribution in [2.45, 2.75) is 51.6 Å². The molecule has 1 aromatic rings. The largest absolute Gasteiger partial charge is 0.453 e. The highest BCUT2D eigenvalue weighted by Gasteiger charge is 2.32. The summed E-state index contributed by atoms with van der Waals surface area (Å²) in [5, 5.41) is 9.40. The third kappa shape index (κ3) is 7.55. The summed E-state index contributed by atoms with van der Waals surface area (Å²) in [5.41, 5.74) is 1.71. The fourth-order valence-electron chi connectivity index (χ4n) is 4.06. The lowest BCUT2D eigenvalue weighted by Gasteiger charge is -2.21. The molecule has 3 rings (SSSR count). The molecule has 2 aliphatic rings. The number of methoxy groups -OCH3 is 1. The van der Waals surface area contributed by atoms with Crippen molar-refractivity contribution in [1.29, 1.82) is 0 Å². The molecule has 0 spiro atoms. The Bertz CT molecular complexity index is 750. The van der Waals surface area contributed by atoms with Gasteiger partial charge in [0, 0.05) is 37.3 Å². The van der Waals surface area contributed by atoms with Gasteiger partial charge < -0.3 is 20.3 Å². The summed E-state index contributed by atoms with van der Waals surface area (Å²) in [4.78, 5) is 30.6. The molecule has 1 aliphatic carbocycles. The zero-order chi connectivity index (χ0) is 21.3. The van der Waals surface area contributed by atoms with Crippen LogP contribution in [0.15, 0.2) is 29.3 Å². The summed E-state index contributed by atoms with van der Waals surface area (Å²) in [6.45, 7) is 4.89. The molecule has 8 nitrogen and oxygen atoms in total. The fraction of sp³-hybridized carbons (Fsp3) is 0.591. The van der Waals surface area contributed by atoms with Crippen molar-refractivity contribution in [2.24, 2.45) is 10.9 Å². The maximum absolute atomic E-state index is 12.6. The van der Waals surface area contributed by atoms with E-state index in [4.69, 9.17) is 0 Å². The number of hydrogen-bond donors (Lipinski definition) is 3. The lowest BCUT2D eigenvalue weighted by atomic mass is 10.1. The van der Waals surface area contributed by atoms with Crippen molar-refractivity contribution in [2.75, 3.05) is 32.1 Å². The third-order valence-electron chi connectivity index (χ3n) is 5.69. The predicted octanol–water partition coefficient (Wildman–Crippen LogP) is 3.33. The monoisotopic (exact) mass is 543 g/mol. The Morgan fingerprint density at radius 2 is 1.87 bits per heavy atom. The minimum absolute atomic E-state index is 0. The highest BCUT2D eigenvalue weighted by atomic mass is 127. The molecule has 1 saturated heterocycles. The normalized spacial score (nSPS) is 19.0. The van der Waals surface area contributed by atoms with Crippen LogP contribution in [0.1, 0.15) is 44.6 Å². The highest BCUT2D eigenvalue weighted by molar-refractivity contribution is 14.0. The van der Waals surface area contributed by atoms with E-state index in [1.807, 2.05) is 36.1 Å². The number of carbonyl (C=O) groups excluding carboxylic acids is 2. The molecule has 31 heavy (non-hydrogen) atoms. The maximum atomic E-state index is 12.6. The molecule has 9 heteroatoms. The molecule has 1 atom stereocenters. The molecule has 1 aromatic carbocycles. The van der Waals surface area contributed by atoms with Gasteiger partial charge in [-0.05, 0) is 43.9 Å². The van der Waals surface area contributed by atoms with Crippen molar-refractivity contribution >= 4 is 47.6 Å². The minimum Gasteiger partial charge on any atom is -0.453 e. The Morgan fingerprint density at radius 3 is 2.52 bits per heavy atom. The molecule has 0 radical (unpaired) electrons. The first-order valence-corrected chi connectivity index (χ1v) is 10.9. The molecule has 2 fully saturated rings. The van der Waals surface area contributed by atoms with E-state index in [2.05, 4.69) is 25.7 Å². The average molecular weight is 543 g/mol. The van der Waals surface area contributed by atoms with Gasteiger partial charge in [0.05, 0.1) is 13.7 Å². The fourth-order valence-corrected chi connectivity index (χ4v) is 4.06. The van der Waals surface area contributed by atoms with Crippen LogP contribution >= 0.6 is 24.0 Å². The zero-order valence-corrected chi connectivity index (χ0v) is 20.7. The summed E-state index contributed by atoms with van der Waals surface area (Å²) in [7, 11) is 1.34. The van der Waals surface area contributed by atoms with Crippen LogP contribution in [-0.2, 0) is 16.1 Å². The number of nitrogens with zero attached hydrogens (tertiary/aromatic N) is 2. The first-order valence-electron chi connectivity index (χ1n) is 10.9. The summed E-state index contributed by atoms with van der Waals surface area (Å²) in [6, 6.07) is 7.73. The second-order valence-electron chi connectivity index (χ2n) is 7.90. The number of rotatable bonds is 6. The summed E-state index contributed by atoms with van der Waals surface area (Å²) in [6.07, 6.45) is 4.91. The van der Waals surface area contributed by atoms with Crippen molar-refractivity contribution in [3.05, 3.63) is 29.8 Å². The first kappa shape index (κ1) is 25.2. The molecule has 1 unspecified atom stereocenters. The quantitative estimate of drug-likeness (QED) is 0.291. The van der Waals surface area contributed by atoms with Crippen LogP contribution in [0.2, 0.25) is 0 Å². The Morgan fingerprint density at radius 1 is 1.16 bits per heavy atom. The molecule has 1 aliphatic heterocycles. The Kier molecular flexibility index (Phi) is 10.4. The van der Waals surface area contributed by atoms with Gasteiger partial charge in [-0.15, -0.1) is 24.0 Å². The Hall–Kier alpha value is -2.04. The number of hydrogen-bond acceptors (Lipinski definition) is 4. The van der Waals surface area contributed by atoms with Gasteiger partial charge in [0.2, 0.25) is 5.91 Å². The predicted molar refractivity (Wildman–Crippen MR) is 133 cm³/mol. The van der Waals surface area contributed by atoms with Crippen molar-refractivity contribution in [3.63, 3.8) is 0 Å². The molecule has 2 amide bonds. The van der Waals surface area contributed by atoms with E-state index in [-0.39, 0.29) is 35.9 Å². The maximum Gasteiger partial charge on any atom is 0.411 e. The molecular formula is C22H34IN5O3. The van der Waals surface area contributed by atoms with Crippen LogP contribution in [0, 0.1) is 5.92 Å². The Balaban J connectivity index is 0.00000341. The van der Waals surface area contributed by atoms with Gasteiger partial charge in [-0.25, -0.2) is 9.79 Å². The van der Waals surface area contributed by atoms with Gasteiger partial charge in [-0.3, -0.25) is 10.1 Å². The first-order chi connectivity index (χ1) is 14.6. The van der Waals surface area contributed by atoms with Crippen LogP contribution in [0.5, 0.6) is 0 Å². The van der Waals surface area contributed by atoms with Crippen molar-refractivity contribution < 1.29 is 14.3 Å². The van der Waals surface area contributed by atoms with E-state index in [1.54, 1.807) is 0 Å². The number of anilines is 1. The van der Waals surface area contributed by atoms with Gasteiger partial charge in [0.1, 0.15) is 0 Å². The van der Waals surface area contributed by atoms with Crippen LogP contribution in [0.4, 0.5) is 10.5 Å². The number of guanidine groups is 1. The number of carbonyl (C=O) groups is 2. The summed E-state index contributed by atoms with van der Waals surface area (Å²) >= 11 is 0. The van der Waals surface area contributed by atoms with Crippen LogP contribution < -0.4 is 16.0 Å². The van der Waals surface area contributed by atoms with Crippen molar-refractivity contribution in [3.8, 4) is 0 Å². The van der Waals surface area contributed by atoms with E-state index in [9.17, 15) is 9.59 Å². The van der Waals surface area contributed by atoms with E-state index in [1.165, 1.54) is 20.0 Å². The number of aliphatic imine (C=N–C) groups is 1. The minimum atomic E-state index is -0.489. The third-order valence-corrected chi connectivity index (χ3v) is 5.69. The lowest BCUT2D eigenvalue weighted by molar-refractivity contribution is -0.134. The molecule has 1 saturated carbocycles. The highest BCUT2D eigenvalue weighted by Crippen LogP contribution is 2.27. The van der Waals surface area contributed by atoms with Gasteiger partial charge in [-0.1, -0.05) is 25.0 Å². The van der Waals surface area contributed by atoms with Gasteiger partial charge in [0.25, 0.3) is 0 Å². The van der Waals surface area contributed by atoms with Gasteiger partial charge in [-0.2, -0.15) is 0 Å². The topological polar surface area (TPSA) is 95.1 Å². The van der Waals surface area contributed by atoms with E-state index in [0.717, 1.165) is 50.4 Å². The van der Waals surface area contributed by atoms with E-state index < -0.39 is 6.09 Å². The van der Waals surface area contributed by atoms with Crippen LogP contribution in [-0.4, -0.2) is 55.6 Å². The van der Waals surface area contributed by atoms with E-state index >= 15 is 0 Å². The second kappa shape index (κ2) is 12.7. The SMILES string of the molecule is CCNC(=NCc1ccc(NC(=O)OC)cc1)NC1CCN(C(=O)C2CCCC2)C1.I. The number of halogens is 1. The lowest BCUT2D eigenvalue weighted by Crippen LogP contribution is -2.45. The second-order valence-corrected chi connectivity index (χ2v) is 7.90. The van der Waals surface area contributed by atoms with E-state index in [0.29, 0.717) is 18.1 Å². The zero-order valence-electron chi connectivity index (χ0n) is 18.4. The number of benzene rings is 1. The summed E-state index contributed by atoms with van der Waals surface area (Å²) < 4.78 is 4.59. The molecule has 0 bridgehead atoms. The molecule has 172 valence electrons. The Labute approximate surface area is 201 Å². The number of likely N-dealkylation sites (tertiary alicyclic amines) is 1. The molecule has 0 aromatic heterocycles. The number of amides is 2. The average Bonchev–Trinajstić information content (AvgIpc) is 3.45. The number of ether oxygens (including phenoxy) is 1. The standard InChI is InChI=1S/C22H33N5O3.HI/c1-3-23-21(24-14-16-8-10-18(11-9-16)26-22(29)30-2)25-19-12-13-27(15-19)20(28)17-6-4-5-7-17;/h8-11,17,19H,3-7,12-15H2,1-2H3,(H,26,29)(H2,23,24,25);1H. The molecule has 3 N–H and O–H groups in total. The smallest absolute Gasteiger partial charge is 0.411 e. The van der Waals surface area contributed by atoms with Gasteiger partial charge >= 0.3 is 6.09 Å². The van der Waals surface area contributed by atoms with Crippen LogP contribution in [0.25, 0.3) is 0 Å². The van der Waals surface area contributed by atoms with Gasteiger partial charge in [0.15, 0.2) is 5.96 Å². The van der Waals surface area contributed by atoms with Crippen LogP contribution in [0.3, 0.4) is 0 Å². The molecule has 1 heterocycles. The van der Waals surface area contributed by atoms with Crippen molar-refractivity contribution in [1.82, 2.24) is 15.5 Å². The summed E-state index contributed by atoms with van der Waals surface area (Å²) in [5.74, 6) is 1.33. The number of nitrogens with one attached hydrogen (secondary N) is 3.